The van der Waals surface area contributed by atoms with E-state index in [2.05, 4.69) is 9.97 Å². The van der Waals surface area contributed by atoms with E-state index < -0.39 is 0 Å². The summed E-state index contributed by atoms with van der Waals surface area (Å²) in [4.78, 5) is 21.8. The van der Waals surface area contributed by atoms with E-state index in [1.54, 1.807) is 38.2 Å². The lowest BCUT2D eigenvalue weighted by Gasteiger charge is -2.17. The molecule has 0 saturated heterocycles. The van der Waals surface area contributed by atoms with E-state index in [9.17, 15) is 4.79 Å². The number of aryl methyl sites for hydroxylation is 1. The molecule has 0 spiro atoms. The largest absolute Gasteiger partial charge is 0.310 e. The fourth-order valence-corrected chi connectivity index (χ4v) is 1.81. The third-order valence-corrected chi connectivity index (χ3v) is 2.93. The zero-order valence-electron chi connectivity index (χ0n) is 11.5. The summed E-state index contributed by atoms with van der Waals surface area (Å²) in [5, 5.41) is 17.9. The first-order chi connectivity index (χ1) is 10.1. The fourth-order valence-electron chi connectivity index (χ4n) is 1.81. The van der Waals surface area contributed by atoms with Crippen LogP contribution in [0.1, 0.15) is 27.6 Å². The first-order valence-corrected chi connectivity index (χ1v) is 6.10. The highest BCUT2D eigenvalue weighted by molar-refractivity contribution is 6.05. The van der Waals surface area contributed by atoms with Crippen LogP contribution in [0.25, 0.3) is 0 Å². The van der Waals surface area contributed by atoms with Crippen LogP contribution < -0.4 is 4.90 Å². The Hall–Kier alpha value is -3.25. The van der Waals surface area contributed by atoms with Gasteiger partial charge in [0.2, 0.25) is 0 Å². The molecule has 102 valence electrons. The van der Waals surface area contributed by atoms with Crippen LogP contribution in [0.15, 0.2) is 30.3 Å². The van der Waals surface area contributed by atoms with Gasteiger partial charge in [-0.2, -0.15) is 10.5 Å². The molecule has 0 aliphatic carbocycles. The topological polar surface area (TPSA) is 93.7 Å². The Morgan fingerprint density at radius 2 is 1.67 bits per heavy atom. The Morgan fingerprint density at radius 1 is 1.10 bits per heavy atom. The van der Waals surface area contributed by atoms with Crippen LogP contribution in [0, 0.1) is 29.6 Å². The molecule has 1 amide bonds. The number of nitrogens with zero attached hydrogens (tertiary/aromatic N) is 5. The molecule has 1 aromatic heterocycles. The van der Waals surface area contributed by atoms with Crippen molar-refractivity contribution in [1.29, 1.82) is 10.5 Å². The van der Waals surface area contributed by atoms with Crippen molar-refractivity contribution in [3.05, 3.63) is 53.1 Å². The minimum absolute atomic E-state index is 0.0666. The fraction of sp³-hybridized carbons (Fsp3) is 0.133. The summed E-state index contributed by atoms with van der Waals surface area (Å²) < 4.78 is 0. The molecule has 0 bridgehead atoms. The van der Waals surface area contributed by atoms with E-state index in [4.69, 9.17) is 10.5 Å². The van der Waals surface area contributed by atoms with Crippen LogP contribution in [0.2, 0.25) is 0 Å². The maximum Gasteiger partial charge on any atom is 0.278 e. The van der Waals surface area contributed by atoms with Gasteiger partial charge in [-0.3, -0.25) is 4.79 Å². The van der Waals surface area contributed by atoms with Crippen molar-refractivity contribution in [3.8, 4) is 12.1 Å². The van der Waals surface area contributed by atoms with E-state index >= 15 is 0 Å². The second-order valence-electron chi connectivity index (χ2n) is 4.28. The SMILES string of the molecule is Cc1nc(C#N)c(C#N)nc1C(=O)N(C)c1ccccc1. The number of carbonyl (C=O) groups is 1. The number of para-hydroxylation sites is 1. The Balaban J connectivity index is 2.45. The smallest absolute Gasteiger partial charge is 0.278 e. The predicted octanol–water partition coefficient (Wildman–Crippen LogP) is 1.80. The van der Waals surface area contributed by atoms with E-state index in [1.165, 1.54) is 4.90 Å². The summed E-state index contributed by atoms with van der Waals surface area (Å²) in [6.07, 6.45) is 0. The van der Waals surface area contributed by atoms with Crippen molar-refractivity contribution in [1.82, 2.24) is 9.97 Å². The van der Waals surface area contributed by atoms with Crippen molar-refractivity contribution in [3.63, 3.8) is 0 Å². The third kappa shape index (κ3) is 2.70. The molecule has 0 atom stereocenters. The van der Waals surface area contributed by atoms with Crippen LogP contribution >= 0.6 is 0 Å². The average Bonchev–Trinajstić information content (AvgIpc) is 2.54. The molecule has 1 heterocycles. The van der Waals surface area contributed by atoms with Gasteiger partial charge in [-0.15, -0.1) is 0 Å². The lowest BCUT2D eigenvalue weighted by molar-refractivity contribution is 0.0987. The summed E-state index contributed by atoms with van der Waals surface area (Å²) in [7, 11) is 1.61. The third-order valence-electron chi connectivity index (χ3n) is 2.93. The molecule has 6 nitrogen and oxygen atoms in total. The minimum atomic E-state index is -0.382. The van der Waals surface area contributed by atoms with Gasteiger partial charge in [0.15, 0.2) is 17.1 Å². The molecule has 0 aliphatic rings. The van der Waals surface area contributed by atoms with Crippen LogP contribution in [0.5, 0.6) is 0 Å². The van der Waals surface area contributed by atoms with Gasteiger partial charge >= 0.3 is 0 Å². The van der Waals surface area contributed by atoms with Crippen LogP contribution in [-0.2, 0) is 0 Å². The lowest BCUT2D eigenvalue weighted by Crippen LogP contribution is -2.28. The zero-order chi connectivity index (χ0) is 15.4. The molecular formula is C15H11N5O. The highest BCUT2D eigenvalue weighted by Crippen LogP contribution is 2.16. The maximum absolute atomic E-state index is 12.5. The first kappa shape index (κ1) is 14.2. The summed E-state index contributed by atoms with van der Waals surface area (Å²) >= 11 is 0. The Bertz CT molecular complexity index is 771. The second kappa shape index (κ2) is 5.81. The number of amides is 1. The Labute approximate surface area is 121 Å². The van der Waals surface area contributed by atoms with Gasteiger partial charge in [0.05, 0.1) is 5.69 Å². The van der Waals surface area contributed by atoms with Crippen molar-refractivity contribution < 1.29 is 4.79 Å². The second-order valence-corrected chi connectivity index (χ2v) is 4.28. The van der Waals surface area contributed by atoms with Gasteiger partial charge in [-0.05, 0) is 19.1 Å². The summed E-state index contributed by atoms with van der Waals surface area (Å²) in [5.74, 6) is -0.382. The van der Waals surface area contributed by atoms with Gasteiger partial charge in [-0.1, -0.05) is 18.2 Å². The number of hydrogen-bond acceptors (Lipinski definition) is 5. The summed E-state index contributed by atoms with van der Waals surface area (Å²) in [5.41, 5.74) is 0.864. The van der Waals surface area contributed by atoms with Gasteiger partial charge in [0.1, 0.15) is 12.1 Å². The molecule has 0 N–H and O–H groups in total. The van der Waals surface area contributed by atoms with Crippen molar-refractivity contribution in [2.24, 2.45) is 0 Å². The van der Waals surface area contributed by atoms with Gasteiger partial charge in [0.25, 0.3) is 5.91 Å². The van der Waals surface area contributed by atoms with Crippen LogP contribution in [0.4, 0.5) is 5.69 Å². The highest BCUT2D eigenvalue weighted by atomic mass is 16.2. The average molecular weight is 277 g/mol. The van der Waals surface area contributed by atoms with Crippen LogP contribution in [-0.4, -0.2) is 22.9 Å². The lowest BCUT2D eigenvalue weighted by atomic mass is 10.2. The number of hydrogen-bond donors (Lipinski definition) is 0. The monoisotopic (exact) mass is 277 g/mol. The van der Waals surface area contributed by atoms with Gasteiger partial charge < -0.3 is 4.90 Å². The van der Waals surface area contributed by atoms with Crippen molar-refractivity contribution in [2.75, 3.05) is 11.9 Å². The maximum atomic E-state index is 12.5. The number of carbonyl (C=O) groups excluding carboxylic acids is 1. The molecule has 0 fully saturated rings. The Kier molecular flexibility index (Phi) is 3.92. The van der Waals surface area contributed by atoms with E-state index in [0.717, 1.165) is 0 Å². The Morgan fingerprint density at radius 3 is 2.24 bits per heavy atom. The molecule has 2 rings (SSSR count). The number of benzene rings is 1. The molecule has 0 radical (unpaired) electrons. The van der Waals surface area contributed by atoms with E-state index in [0.29, 0.717) is 11.4 Å². The normalized spacial score (nSPS) is 9.52. The number of rotatable bonds is 2. The molecule has 2 aromatic rings. The zero-order valence-corrected chi connectivity index (χ0v) is 11.5. The molecule has 1 aromatic carbocycles. The molecule has 6 heteroatoms. The molecule has 0 unspecified atom stereocenters. The van der Waals surface area contributed by atoms with Gasteiger partial charge in [0, 0.05) is 12.7 Å². The number of anilines is 1. The predicted molar refractivity (Wildman–Crippen MR) is 75.4 cm³/mol. The molecule has 0 saturated carbocycles. The van der Waals surface area contributed by atoms with Crippen molar-refractivity contribution in [2.45, 2.75) is 6.92 Å². The highest BCUT2D eigenvalue weighted by Gasteiger charge is 2.20. The van der Waals surface area contributed by atoms with Crippen LogP contribution in [0.3, 0.4) is 0 Å². The number of nitriles is 2. The van der Waals surface area contributed by atoms with Gasteiger partial charge in [-0.25, -0.2) is 9.97 Å². The minimum Gasteiger partial charge on any atom is -0.310 e. The molecular weight excluding hydrogens is 266 g/mol. The van der Waals surface area contributed by atoms with E-state index in [1.807, 2.05) is 18.2 Å². The number of aromatic nitrogens is 2. The van der Waals surface area contributed by atoms with E-state index in [-0.39, 0.29) is 23.0 Å². The summed E-state index contributed by atoms with van der Waals surface area (Å²) in [6, 6.07) is 12.6. The standard InChI is InChI=1S/C15H11N5O/c1-10-14(19-13(9-17)12(8-16)18-10)15(21)20(2)11-6-4-3-5-7-11/h3-7H,1-2H3. The molecule has 21 heavy (non-hydrogen) atoms. The summed E-state index contributed by atoms with van der Waals surface area (Å²) in [6.45, 7) is 1.58. The quantitative estimate of drug-likeness (QED) is 0.834. The van der Waals surface area contributed by atoms with Crippen molar-refractivity contribution >= 4 is 11.6 Å². The first-order valence-electron chi connectivity index (χ1n) is 6.10. The molecule has 0 aliphatic heterocycles.